The van der Waals surface area contributed by atoms with Crippen molar-refractivity contribution in [2.45, 2.75) is 33.2 Å². The third kappa shape index (κ3) is 4.88. The number of carbonyl (C=O) groups is 2. The van der Waals surface area contributed by atoms with Gasteiger partial charge in [0.1, 0.15) is 5.75 Å². The fourth-order valence-electron chi connectivity index (χ4n) is 2.81. The average Bonchev–Trinajstić information content (AvgIpc) is 2.61. The van der Waals surface area contributed by atoms with Crippen molar-refractivity contribution >= 4 is 12.0 Å². The molecule has 6 heteroatoms. The van der Waals surface area contributed by atoms with E-state index in [1.807, 2.05) is 31.2 Å². The molecule has 1 N–H and O–H groups in total. The molecule has 0 aromatic heterocycles. The number of hydrogen-bond acceptors (Lipinski definition) is 4. The van der Waals surface area contributed by atoms with Crippen LogP contribution in [-0.4, -0.2) is 43.2 Å². The van der Waals surface area contributed by atoms with Crippen LogP contribution in [0, 0.1) is 5.92 Å². The Labute approximate surface area is 143 Å². The molecule has 24 heavy (non-hydrogen) atoms. The molecule has 0 atom stereocenters. The van der Waals surface area contributed by atoms with Crippen LogP contribution in [0.3, 0.4) is 0 Å². The standard InChI is InChI=1S/C18H26N2O4/c1-3-23-16-8-6-5-7-15(16)13-19-18(22)20-11-9-14(10-12-20)17(21)24-4-2/h5-8,14H,3-4,9-13H2,1-2H3,(H,19,22). The maximum atomic E-state index is 12.3. The minimum atomic E-state index is -0.150. The first kappa shape index (κ1) is 18.1. The van der Waals surface area contributed by atoms with Crippen LogP contribution in [0.25, 0.3) is 0 Å². The van der Waals surface area contributed by atoms with Crippen LogP contribution < -0.4 is 10.1 Å². The van der Waals surface area contributed by atoms with Crippen LogP contribution in [0.2, 0.25) is 0 Å². The van der Waals surface area contributed by atoms with Gasteiger partial charge < -0.3 is 19.7 Å². The minimum absolute atomic E-state index is 0.0901. The Bertz CT molecular complexity index is 554. The molecule has 1 aliphatic rings. The van der Waals surface area contributed by atoms with E-state index in [0.717, 1.165) is 11.3 Å². The van der Waals surface area contributed by atoms with Crippen LogP contribution in [0.1, 0.15) is 32.3 Å². The van der Waals surface area contributed by atoms with Crippen molar-refractivity contribution in [3.05, 3.63) is 29.8 Å². The number of hydrogen-bond donors (Lipinski definition) is 1. The molecule has 0 bridgehead atoms. The molecule has 1 fully saturated rings. The lowest BCUT2D eigenvalue weighted by Crippen LogP contribution is -2.45. The van der Waals surface area contributed by atoms with Crippen LogP contribution in [0.5, 0.6) is 5.75 Å². The fourth-order valence-corrected chi connectivity index (χ4v) is 2.81. The van der Waals surface area contributed by atoms with Gasteiger partial charge >= 0.3 is 12.0 Å². The molecule has 1 aliphatic heterocycles. The first-order chi connectivity index (χ1) is 11.7. The van der Waals surface area contributed by atoms with E-state index >= 15 is 0 Å². The molecule has 0 radical (unpaired) electrons. The van der Waals surface area contributed by atoms with Gasteiger partial charge in [0.25, 0.3) is 0 Å². The highest BCUT2D eigenvalue weighted by Gasteiger charge is 2.28. The molecule has 0 saturated carbocycles. The molecule has 132 valence electrons. The molecule has 1 aromatic rings. The lowest BCUT2D eigenvalue weighted by atomic mass is 9.97. The second-order valence-corrected chi connectivity index (χ2v) is 5.71. The number of para-hydroxylation sites is 1. The third-order valence-electron chi connectivity index (χ3n) is 4.10. The quantitative estimate of drug-likeness (QED) is 0.812. The summed E-state index contributed by atoms with van der Waals surface area (Å²) < 4.78 is 10.6. The maximum Gasteiger partial charge on any atom is 0.317 e. The monoisotopic (exact) mass is 334 g/mol. The molecular weight excluding hydrogens is 308 g/mol. The number of nitrogens with zero attached hydrogens (tertiary/aromatic N) is 1. The number of likely N-dealkylation sites (tertiary alicyclic amines) is 1. The Balaban J connectivity index is 1.81. The number of piperidine rings is 1. The summed E-state index contributed by atoms with van der Waals surface area (Å²) in [6, 6.07) is 7.57. The van der Waals surface area contributed by atoms with Gasteiger partial charge in [0.15, 0.2) is 0 Å². The Hall–Kier alpha value is -2.24. The minimum Gasteiger partial charge on any atom is -0.494 e. The summed E-state index contributed by atoms with van der Waals surface area (Å²) in [5.41, 5.74) is 0.953. The normalized spacial score (nSPS) is 15.0. The predicted molar refractivity (Wildman–Crippen MR) is 90.8 cm³/mol. The topological polar surface area (TPSA) is 67.9 Å². The SMILES string of the molecule is CCOC(=O)C1CCN(C(=O)NCc2ccccc2OCC)CC1. The van der Waals surface area contributed by atoms with Gasteiger partial charge in [-0.05, 0) is 32.8 Å². The number of urea groups is 1. The van der Waals surface area contributed by atoms with Gasteiger partial charge in [-0.15, -0.1) is 0 Å². The first-order valence-electron chi connectivity index (χ1n) is 8.55. The lowest BCUT2D eigenvalue weighted by Gasteiger charge is -2.31. The zero-order valence-electron chi connectivity index (χ0n) is 14.4. The smallest absolute Gasteiger partial charge is 0.317 e. The molecule has 1 aromatic carbocycles. The summed E-state index contributed by atoms with van der Waals surface area (Å²) in [6.07, 6.45) is 1.31. The largest absolute Gasteiger partial charge is 0.494 e. The van der Waals surface area contributed by atoms with Crippen molar-refractivity contribution in [3.8, 4) is 5.75 Å². The Morgan fingerprint density at radius 3 is 2.54 bits per heavy atom. The zero-order valence-corrected chi connectivity index (χ0v) is 14.4. The fraction of sp³-hybridized carbons (Fsp3) is 0.556. The van der Waals surface area contributed by atoms with Crippen LogP contribution in [-0.2, 0) is 16.1 Å². The average molecular weight is 334 g/mol. The van der Waals surface area contributed by atoms with Crippen molar-refractivity contribution in [2.75, 3.05) is 26.3 Å². The summed E-state index contributed by atoms with van der Waals surface area (Å²) in [5.74, 6) is 0.553. The number of ether oxygens (including phenoxy) is 2. The number of benzene rings is 1. The van der Waals surface area contributed by atoms with Crippen molar-refractivity contribution in [1.82, 2.24) is 10.2 Å². The second-order valence-electron chi connectivity index (χ2n) is 5.71. The maximum absolute atomic E-state index is 12.3. The van der Waals surface area contributed by atoms with Gasteiger partial charge in [-0.2, -0.15) is 0 Å². The first-order valence-corrected chi connectivity index (χ1v) is 8.55. The van der Waals surface area contributed by atoms with E-state index in [1.54, 1.807) is 11.8 Å². The highest BCUT2D eigenvalue weighted by atomic mass is 16.5. The van der Waals surface area contributed by atoms with E-state index in [0.29, 0.717) is 45.7 Å². The third-order valence-corrected chi connectivity index (χ3v) is 4.10. The van der Waals surface area contributed by atoms with Crippen LogP contribution in [0.4, 0.5) is 4.79 Å². The number of esters is 1. The molecular formula is C18H26N2O4. The van der Waals surface area contributed by atoms with Gasteiger partial charge in [0.05, 0.1) is 19.1 Å². The van der Waals surface area contributed by atoms with Crippen LogP contribution >= 0.6 is 0 Å². The van der Waals surface area contributed by atoms with E-state index in [4.69, 9.17) is 9.47 Å². The number of nitrogens with one attached hydrogen (secondary N) is 1. The van der Waals surface area contributed by atoms with E-state index < -0.39 is 0 Å². The molecule has 0 unspecified atom stereocenters. The van der Waals surface area contributed by atoms with Crippen molar-refractivity contribution < 1.29 is 19.1 Å². The summed E-state index contributed by atoms with van der Waals surface area (Å²) in [6.45, 7) is 6.30. The highest BCUT2D eigenvalue weighted by Crippen LogP contribution is 2.20. The number of carbonyl (C=O) groups excluding carboxylic acids is 2. The molecule has 1 saturated heterocycles. The number of amides is 2. The second kappa shape index (κ2) is 9.15. The van der Waals surface area contributed by atoms with E-state index in [1.165, 1.54) is 0 Å². The summed E-state index contributed by atoms with van der Waals surface area (Å²) in [5, 5.41) is 2.93. The Morgan fingerprint density at radius 1 is 1.17 bits per heavy atom. The molecule has 6 nitrogen and oxygen atoms in total. The Morgan fingerprint density at radius 2 is 1.88 bits per heavy atom. The molecule has 2 amide bonds. The van der Waals surface area contributed by atoms with E-state index in [9.17, 15) is 9.59 Å². The highest BCUT2D eigenvalue weighted by molar-refractivity contribution is 5.76. The van der Waals surface area contributed by atoms with Gasteiger partial charge in [0.2, 0.25) is 0 Å². The van der Waals surface area contributed by atoms with E-state index in [-0.39, 0.29) is 17.9 Å². The van der Waals surface area contributed by atoms with Gasteiger partial charge in [-0.3, -0.25) is 4.79 Å². The summed E-state index contributed by atoms with van der Waals surface area (Å²) in [4.78, 5) is 25.8. The van der Waals surface area contributed by atoms with Crippen molar-refractivity contribution in [3.63, 3.8) is 0 Å². The molecule has 2 rings (SSSR count). The molecule has 0 spiro atoms. The zero-order chi connectivity index (χ0) is 17.4. The van der Waals surface area contributed by atoms with Gasteiger partial charge in [-0.25, -0.2) is 4.79 Å². The predicted octanol–water partition coefficient (Wildman–Crippen LogP) is 2.57. The number of rotatable bonds is 6. The lowest BCUT2D eigenvalue weighted by molar-refractivity contribution is -0.149. The van der Waals surface area contributed by atoms with Gasteiger partial charge in [0, 0.05) is 25.2 Å². The van der Waals surface area contributed by atoms with Crippen LogP contribution in [0.15, 0.2) is 24.3 Å². The molecule has 1 heterocycles. The summed E-state index contributed by atoms with van der Waals surface area (Å²) >= 11 is 0. The van der Waals surface area contributed by atoms with Gasteiger partial charge in [-0.1, -0.05) is 18.2 Å². The van der Waals surface area contributed by atoms with Crippen molar-refractivity contribution in [1.29, 1.82) is 0 Å². The molecule has 0 aliphatic carbocycles. The van der Waals surface area contributed by atoms with Crippen molar-refractivity contribution in [2.24, 2.45) is 5.92 Å². The summed E-state index contributed by atoms with van der Waals surface area (Å²) in [7, 11) is 0. The Kier molecular flexibility index (Phi) is 6.90. The van der Waals surface area contributed by atoms with E-state index in [2.05, 4.69) is 5.32 Å².